The van der Waals surface area contributed by atoms with Crippen molar-refractivity contribution in [1.82, 2.24) is 9.38 Å². The summed E-state index contributed by atoms with van der Waals surface area (Å²) in [6.45, 7) is 0. The van der Waals surface area contributed by atoms with Crippen molar-refractivity contribution in [3.63, 3.8) is 0 Å². The Balaban J connectivity index is 1.15. The molecule has 30 heavy (non-hydrogen) atoms. The highest BCUT2D eigenvalue weighted by atomic mass is 16.3. The van der Waals surface area contributed by atoms with Gasteiger partial charge in [-0.1, -0.05) is 18.2 Å². The second kappa shape index (κ2) is 6.42. The van der Waals surface area contributed by atoms with Crippen LogP contribution in [0.5, 0.6) is 0 Å². The van der Waals surface area contributed by atoms with Crippen LogP contribution >= 0.6 is 0 Å². The van der Waals surface area contributed by atoms with Crippen molar-refractivity contribution in [2.45, 2.75) is 50.5 Å². The molecule has 4 bridgehead atoms. The first-order valence-corrected chi connectivity index (χ1v) is 11.0. The number of nitrogens with one attached hydrogen (secondary N) is 1. The molecule has 5 nitrogen and oxygen atoms in total. The first-order chi connectivity index (χ1) is 14.5. The number of hydrogen-bond acceptors (Lipinski definition) is 3. The number of pyridine rings is 1. The molecule has 1 amide bonds. The highest BCUT2D eigenvalue weighted by Crippen LogP contribution is 2.62. The van der Waals surface area contributed by atoms with Crippen LogP contribution < -0.4 is 5.32 Å². The Labute approximate surface area is 176 Å². The maximum absolute atomic E-state index is 12.9. The topological polar surface area (TPSA) is 66.6 Å². The van der Waals surface area contributed by atoms with E-state index in [0.29, 0.717) is 18.3 Å². The second-order valence-electron chi connectivity index (χ2n) is 10.1. The molecule has 2 N–H and O–H groups in total. The molecule has 4 aliphatic rings. The molecular weight excluding hydrogens is 374 g/mol. The van der Waals surface area contributed by atoms with Gasteiger partial charge in [-0.25, -0.2) is 4.98 Å². The fraction of sp³-hybridized carbons (Fsp3) is 0.440. The predicted molar refractivity (Wildman–Crippen MR) is 116 cm³/mol. The lowest BCUT2D eigenvalue weighted by atomic mass is 9.47. The van der Waals surface area contributed by atoms with Crippen LogP contribution in [0.3, 0.4) is 0 Å². The molecule has 5 heteroatoms. The number of hydrogen-bond donors (Lipinski definition) is 2. The largest absolute Gasteiger partial charge is 0.390 e. The third-order valence-electron chi connectivity index (χ3n) is 7.52. The van der Waals surface area contributed by atoms with E-state index in [-0.39, 0.29) is 11.3 Å². The normalized spacial score (nSPS) is 31.9. The molecule has 4 aliphatic carbocycles. The van der Waals surface area contributed by atoms with Gasteiger partial charge in [0.2, 0.25) is 5.91 Å². The maximum Gasteiger partial charge on any atom is 0.224 e. The van der Waals surface area contributed by atoms with Gasteiger partial charge in [0.1, 0.15) is 5.65 Å². The van der Waals surface area contributed by atoms with E-state index in [2.05, 4.69) is 10.3 Å². The molecule has 2 heterocycles. The van der Waals surface area contributed by atoms with Crippen molar-refractivity contribution in [3.05, 3.63) is 54.9 Å². The second-order valence-corrected chi connectivity index (χ2v) is 10.1. The van der Waals surface area contributed by atoms with Gasteiger partial charge in [0.05, 0.1) is 11.3 Å². The minimum absolute atomic E-state index is 0.000599. The summed E-state index contributed by atoms with van der Waals surface area (Å²) in [7, 11) is 0. The van der Waals surface area contributed by atoms with Crippen LogP contribution in [0.2, 0.25) is 0 Å². The van der Waals surface area contributed by atoms with E-state index in [9.17, 15) is 9.90 Å². The van der Waals surface area contributed by atoms with Crippen molar-refractivity contribution in [2.24, 2.45) is 17.3 Å². The molecule has 4 fully saturated rings. The van der Waals surface area contributed by atoms with E-state index in [4.69, 9.17) is 0 Å². The van der Waals surface area contributed by atoms with Crippen molar-refractivity contribution >= 4 is 17.2 Å². The standard InChI is InChI=1S/C25H27N3O2/c29-23(14-24-10-17-9-18(11-24)13-25(30,12-17)16-24)26-20-6-4-19(5-7-20)21-15-28-8-2-1-3-22(28)27-21/h1-8,15,17-18,30H,9-14,16H2,(H,26,29). The predicted octanol–water partition coefficient (Wildman–Crippen LogP) is 4.66. The van der Waals surface area contributed by atoms with Crippen molar-refractivity contribution in [3.8, 4) is 11.3 Å². The van der Waals surface area contributed by atoms with E-state index in [0.717, 1.165) is 54.7 Å². The number of imidazole rings is 1. The first kappa shape index (κ1) is 18.1. The average Bonchev–Trinajstić information content (AvgIpc) is 3.10. The molecule has 7 rings (SSSR count). The molecule has 154 valence electrons. The number of rotatable bonds is 4. The molecule has 2 atom stereocenters. The summed E-state index contributed by atoms with van der Waals surface area (Å²) in [6, 6.07) is 13.9. The minimum atomic E-state index is -0.514. The van der Waals surface area contributed by atoms with Gasteiger partial charge >= 0.3 is 0 Å². The van der Waals surface area contributed by atoms with Gasteiger partial charge in [-0.15, -0.1) is 0 Å². The monoisotopic (exact) mass is 401 g/mol. The van der Waals surface area contributed by atoms with E-state index >= 15 is 0 Å². The van der Waals surface area contributed by atoms with Crippen LogP contribution in [0.25, 0.3) is 16.9 Å². The summed E-state index contributed by atoms with van der Waals surface area (Å²) in [4.78, 5) is 17.5. The third-order valence-corrected chi connectivity index (χ3v) is 7.52. The molecule has 0 spiro atoms. The number of aliphatic hydroxyl groups is 1. The van der Waals surface area contributed by atoms with Gasteiger partial charge in [0.25, 0.3) is 0 Å². The Morgan fingerprint density at radius 2 is 1.87 bits per heavy atom. The molecule has 0 aliphatic heterocycles. The molecular formula is C25H27N3O2. The fourth-order valence-corrected chi connectivity index (χ4v) is 6.95. The number of anilines is 1. The van der Waals surface area contributed by atoms with Crippen LogP contribution in [0.1, 0.15) is 44.9 Å². The van der Waals surface area contributed by atoms with Gasteiger partial charge in [-0.05, 0) is 80.0 Å². The van der Waals surface area contributed by atoms with E-state index in [1.54, 1.807) is 0 Å². The Bertz CT molecular complexity index is 1070. The SMILES string of the molecule is O=C(CC12CC3CC(CC(O)(C3)C1)C2)Nc1ccc(-c2cn3ccccc3n2)cc1. The van der Waals surface area contributed by atoms with Crippen LogP contribution in [-0.4, -0.2) is 26.0 Å². The summed E-state index contributed by atoms with van der Waals surface area (Å²) in [5, 5.41) is 14.0. The number of amides is 1. The third kappa shape index (κ3) is 3.12. The van der Waals surface area contributed by atoms with Crippen LogP contribution in [0.15, 0.2) is 54.9 Å². The molecule has 3 aromatic rings. The summed E-state index contributed by atoms with van der Waals surface area (Å²) in [5.41, 5.74) is 3.17. The number of nitrogens with zero attached hydrogens (tertiary/aromatic N) is 2. The number of fused-ring (bicyclic) bond motifs is 1. The van der Waals surface area contributed by atoms with E-state index in [1.807, 2.05) is 59.3 Å². The van der Waals surface area contributed by atoms with Gasteiger partial charge in [-0.2, -0.15) is 0 Å². The zero-order valence-corrected chi connectivity index (χ0v) is 17.1. The quantitative estimate of drug-likeness (QED) is 0.668. The summed E-state index contributed by atoms with van der Waals surface area (Å²) >= 11 is 0. The highest BCUT2D eigenvalue weighted by Gasteiger charge is 2.57. The zero-order valence-electron chi connectivity index (χ0n) is 17.1. The summed E-state index contributed by atoms with van der Waals surface area (Å²) in [6.07, 6.45) is 10.7. The Morgan fingerprint density at radius 3 is 2.57 bits per heavy atom. The van der Waals surface area contributed by atoms with Crippen LogP contribution in [-0.2, 0) is 4.79 Å². The Hall–Kier alpha value is -2.66. The van der Waals surface area contributed by atoms with E-state index < -0.39 is 5.60 Å². The molecule has 2 unspecified atom stereocenters. The fourth-order valence-electron chi connectivity index (χ4n) is 6.95. The lowest BCUT2D eigenvalue weighted by Crippen LogP contribution is -2.56. The summed E-state index contributed by atoms with van der Waals surface area (Å²) < 4.78 is 2.00. The summed E-state index contributed by atoms with van der Waals surface area (Å²) in [5.74, 6) is 1.28. The highest BCUT2D eigenvalue weighted by molar-refractivity contribution is 5.91. The van der Waals surface area contributed by atoms with Crippen molar-refractivity contribution in [1.29, 1.82) is 0 Å². The molecule has 2 aromatic heterocycles. The number of carbonyl (C=O) groups excluding carboxylic acids is 1. The van der Waals surface area contributed by atoms with Crippen LogP contribution in [0, 0.1) is 17.3 Å². The molecule has 1 aromatic carbocycles. The first-order valence-electron chi connectivity index (χ1n) is 11.0. The number of benzene rings is 1. The van der Waals surface area contributed by atoms with Crippen molar-refractivity contribution in [2.75, 3.05) is 5.32 Å². The number of carbonyl (C=O) groups is 1. The molecule has 4 saturated carbocycles. The maximum atomic E-state index is 12.9. The molecule has 0 radical (unpaired) electrons. The Kier molecular flexibility index (Phi) is 3.88. The molecule has 0 saturated heterocycles. The average molecular weight is 402 g/mol. The minimum Gasteiger partial charge on any atom is -0.390 e. The zero-order chi connectivity index (χ0) is 20.3. The number of aromatic nitrogens is 2. The lowest BCUT2D eigenvalue weighted by Gasteiger charge is -2.60. The van der Waals surface area contributed by atoms with Gasteiger partial charge in [-0.3, -0.25) is 4.79 Å². The van der Waals surface area contributed by atoms with Gasteiger partial charge in [0.15, 0.2) is 0 Å². The van der Waals surface area contributed by atoms with E-state index in [1.165, 1.54) is 6.42 Å². The van der Waals surface area contributed by atoms with Crippen molar-refractivity contribution < 1.29 is 9.90 Å². The Morgan fingerprint density at radius 1 is 1.10 bits per heavy atom. The van der Waals surface area contributed by atoms with Crippen LogP contribution in [0.4, 0.5) is 5.69 Å². The lowest BCUT2D eigenvalue weighted by molar-refractivity contribution is -0.167. The van der Waals surface area contributed by atoms with Gasteiger partial charge in [0, 0.05) is 30.1 Å². The smallest absolute Gasteiger partial charge is 0.224 e. The van der Waals surface area contributed by atoms with Gasteiger partial charge < -0.3 is 14.8 Å².